The smallest absolute Gasteiger partial charge is 0.138 e. The van der Waals surface area contributed by atoms with E-state index in [1.165, 1.54) is 37.7 Å². The number of rotatable bonds is 6. The van der Waals surface area contributed by atoms with E-state index in [1.54, 1.807) is 0 Å². The van der Waals surface area contributed by atoms with Crippen molar-refractivity contribution in [1.82, 2.24) is 5.32 Å². The van der Waals surface area contributed by atoms with Crippen LogP contribution < -0.4 is 10.1 Å². The maximum Gasteiger partial charge on any atom is 0.138 e. The zero-order valence-electron chi connectivity index (χ0n) is 12.9. The van der Waals surface area contributed by atoms with Crippen LogP contribution in [0.2, 0.25) is 0 Å². The molecule has 0 radical (unpaired) electrons. The average molecular weight is 419 g/mol. The number of benzene rings is 1. The van der Waals surface area contributed by atoms with Crippen molar-refractivity contribution in [1.29, 1.82) is 0 Å². The minimum atomic E-state index is 0.567. The molecule has 2 nitrogen and oxygen atoms in total. The SMILES string of the molecule is CCOc1c(Br)cc(Br)cc1CN[C@@H](C)C1CCCCC1. The largest absolute Gasteiger partial charge is 0.492 e. The predicted octanol–water partition coefficient (Wildman–Crippen LogP) is 5.67. The first-order chi connectivity index (χ1) is 10.1. The monoisotopic (exact) mass is 417 g/mol. The Balaban J connectivity index is 2.01. The molecule has 0 aromatic heterocycles. The fraction of sp³-hybridized carbons (Fsp3) is 0.647. The minimum Gasteiger partial charge on any atom is -0.492 e. The molecule has 0 saturated heterocycles. The van der Waals surface area contributed by atoms with Crippen molar-refractivity contribution < 1.29 is 4.74 Å². The van der Waals surface area contributed by atoms with Crippen LogP contribution in [0.3, 0.4) is 0 Å². The maximum atomic E-state index is 5.79. The lowest BCUT2D eigenvalue weighted by Gasteiger charge is -2.28. The highest BCUT2D eigenvalue weighted by atomic mass is 79.9. The van der Waals surface area contributed by atoms with Gasteiger partial charge in [-0.3, -0.25) is 0 Å². The third-order valence-corrected chi connectivity index (χ3v) is 5.39. The molecule has 21 heavy (non-hydrogen) atoms. The Labute approximate surface area is 145 Å². The molecule has 0 bridgehead atoms. The topological polar surface area (TPSA) is 21.3 Å². The number of hydrogen-bond acceptors (Lipinski definition) is 2. The molecular weight excluding hydrogens is 394 g/mol. The van der Waals surface area contributed by atoms with Gasteiger partial charge in [-0.15, -0.1) is 0 Å². The summed E-state index contributed by atoms with van der Waals surface area (Å²) in [6.45, 7) is 5.89. The average Bonchev–Trinajstić information content (AvgIpc) is 2.48. The maximum absolute atomic E-state index is 5.79. The molecule has 1 aliphatic rings. The lowest BCUT2D eigenvalue weighted by molar-refractivity contribution is 0.278. The third-order valence-electron chi connectivity index (χ3n) is 4.35. The Bertz CT molecular complexity index is 458. The summed E-state index contributed by atoms with van der Waals surface area (Å²) < 4.78 is 7.89. The van der Waals surface area contributed by atoms with Crippen molar-refractivity contribution in [2.45, 2.75) is 58.5 Å². The van der Waals surface area contributed by atoms with Crippen molar-refractivity contribution in [2.75, 3.05) is 6.61 Å². The van der Waals surface area contributed by atoms with Crippen LogP contribution in [0.4, 0.5) is 0 Å². The fourth-order valence-corrected chi connectivity index (χ4v) is 4.55. The highest BCUT2D eigenvalue weighted by molar-refractivity contribution is 9.11. The summed E-state index contributed by atoms with van der Waals surface area (Å²) in [7, 11) is 0. The van der Waals surface area contributed by atoms with Crippen molar-refractivity contribution in [2.24, 2.45) is 5.92 Å². The summed E-state index contributed by atoms with van der Waals surface area (Å²) in [5.74, 6) is 1.79. The van der Waals surface area contributed by atoms with Gasteiger partial charge in [0.05, 0.1) is 11.1 Å². The van der Waals surface area contributed by atoms with Crippen LogP contribution in [-0.4, -0.2) is 12.6 Å². The van der Waals surface area contributed by atoms with Crippen molar-refractivity contribution in [3.8, 4) is 5.75 Å². The van der Waals surface area contributed by atoms with E-state index in [0.29, 0.717) is 12.6 Å². The van der Waals surface area contributed by atoms with E-state index in [-0.39, 0.29) is 0 Å². The third kappa shape index (κ3) is 4.97. The van der Waals surface area contributed by atoms with Gasteiger partial charge in [-0.1, -0.05) is 35.2 Å². The highest BCUT2D eigenvalue weighted by Gasteiger charge is 2.20. The van der Waals surface area contributed by atoms with Gasteiger partial charge in [0.2, 0.25) is 0 Å². The van der Waals surface area contributed by atoms with Gasteiger partial charge in [0, 0.05) is 22.6 Å². The molecule has 1 N–H and O–H groups in total. The molecule has 0 aliphatic heterocycles. The van der Waals surface area contributed by atoms with Gasteiger partial charge in [-0.05, 0) is 60.7 Å². The van der Waals surface area contributed by atoms with Crippen LogP contribution >= 0.6 is 31.9 Å². The first-order valence-corrected chi connectivity index (χ1v) is 9.54. The van der Waals surface area contributed by atoms with Gasteiger partial charge in [0.15, 0.2) is 0 Å². The Kier molecular flexibility index (Phi) is 7.03. The van der Waals surface area contributed by atoms with Crippen LogP contribution in [0.15, 0.2) is 21.1 Å². The molecule has 1 saturated carbocycles. The molecular formula is C17H25Br2NO. The molecule has 0 heterocycles. The predicted molar refractivity (Wildman–Crippen MR) is 95.9 cm³/mol. The molecule has 1 aliphatic carbocycles. The summed E-state index contributed by atoms with van der Waals surface area (Å²) >= 11 is 7.17. The van der Waals surface area contributed by atoms with Crippen LogP contribution in [0.25, 0.3) is 0 Å². The van der Waals surface area contributed by atoms with Crippen molar-refractivity contribution in [3.05, 3.63) is 26.6 Å². The van der Waals surface area contributed by atoms with E-state index in [9.17, 15) is 0 Å². The van der Waals surface area contributed by atoms with Crippen molar-refractivity contribution >= 4 is 31.9 Å². The lowest BCUT2D eigenvalue weighted by atomic mass is 9.84. The molecule has 118 valence electrons. The molecule has 4 heteroatoms. The molecule has 0 unspecified atom stereocenters. The lowest BCUT2D eigenvalue weighted by Crippen LogP contribution is -2.34. The summed E-state index contributed by atoms with van der Waals surface area (Å²) in [6, 6.07) is 4.76. The molecule has 1 atom stereocenters. The summed E-state index contributed by atoms with van der Waals surface area (Å²) in [4.78, 5) is 0. The first-order valence-electron chi connectivity index (χ1n) is 7.96. The van der Waals surface area contributed by atoms with Gasteiger partial charge in [0.25, 0.3) is 0 Å². The second-order valence-electron chi connectivity index (χ2n) is 5.88. The number of hydrogen-bond donors (Lipinski definition) is 1. The van der Waals surface area contributed by atoms with E-state index in [0.717, 1.165) is 27.2 Å². The van der Waals surface area contributed by atoms with Gasteiger partial charge < -0.3 is 10.1 Å². The van der Waals surface area contributed by atoms with Gasteiger partial charge >= 0.3 is 0 Å². The second-order valence-corrected chi connectivity index (χ2v) is 7.65. The van der Waals surface area contributed by atoms with Crippen LogP contribution in [0.1, 0.15) is 51.5 Å². The molecule has 1 aromatic carbocycles. The molecule has 0 amide bonds. The van der Waals surface area contributed by atoms with Crippen LogP contribution in [0, 0.1) is 5.92 Å². The van der Waals surface area contributed by atoms with E-state index in [1.807, 2.05) is 13.0 Å². The van der Waals surface area contributed by atoms with E-state index < -0.39 is 0 Å². The highest BCUT2D eigenvalue weighted by Crippen LogP contribution is 2.33. The van der Waals surface area contributed by atoms with Gasteiger partial charge in [-0.2, -0.15) is 0 Å². The Morgan fingerprint density at radius 3 is 2.62 bits per heavy atom. The minimum absolute atomic E-state index is 0.567. The summed E-state index contributed by atoms with van der Waals surface area (Å²) in [6.07, 6.45) is 6.94. The van der Waals surface area contributed by atoms with Crippen molar-refractivity contribution in [3.63, 3.8) is 0 Å². The zero-order valence-corrected chi connectivity index (χ0v) is 16.1. The molecule has 0 spiro atoms. The normalized spacial score (nSPS) is 17.7. The Morgan fingerprint density at radius 2 is 1.95 bits per heavy atom. The van der Waals surface area contributed by atoms with E-state index in [4.69, 9.17) is 4.74 Å². The zero-order chi connectivity index (χ0) is 15.2. The first kappa shape index (κ1) is 17.3. The molecule has 1 aromatic rings. The van der Waals surface area contributed by atoms with Crippen LogP contribution in [0.5, 0.6) is 5.75 Å². The number of nitrogens with one attached hydrogen (secondary N) is 1. The van der Waals surface area contributed by atoms with E-state index in [2.05, 4.69) is 50.2 Å². The number of ether oxygens (including phenoxy) is 1. The Morgan fingerprint density at radius 1 is 1.24 bits per heavy atom. The fourth-order valence-electron chi connectivity index (χ4n) is 3.12. The second kappa shape index (κ2) is 8.54. The summed E-state index contributed by atoms with van der Waals surface area (Å²) in [5.41, 5.74) is 1.21. The van der Waals surface area contributed by atoms with Crippen LogP contribution in [-0.2, 0) is 6.54 Å². The van der Waals surface area contributed by atoms with Gasteiger partial charge in [-0.25, -0.2) is 0 Å². The Hall–Kier alpha value is -0.0600. The standard InChI is InChI=1S/C17H25Br2NO/c1-3-21-17-14(9-15(18)10-16(17)19)11-20-12(2)13-7-5-4-6-8-13/h9-10,12-13,20H,3-8,11H2,1-2H3/t12-/m0/s1. The summed E-state index contributed by atoms with van der Waals surface area (Å²) in [5, 5.41) is 3.70. The molecule has 2 rings (SSSR count). The molecule has 1 fully saturated rings. The number of halogens is 2. The van der Waals surface area contributed by atoms with E-state index >= 15 is 0 Å². The quantitative estimate of drug-likeness (QED) is 0.642. The van der Waals surface area contributed by atoms with Gasteiger partial charge in [0.1, 0.15) is 5.75 Å².